The molecule has 0 unspecified atom stereocenters. The predicted octanol–water partition coefficient (Wildman–Crippen LogP) is 3.60. The van der Waals surface area contributed by atoms with Gasteiger partial charge in [0.05, 0.1) is 0 Å². The van der Waals surface area contributed by atoms with Crippen LogP contribution in [0, 0.1) is 5.92 Å². The molecule has 118 valence electrons. The van der Waals surface area contributed by atoms with E-state index in [-0.39, 0.29) is 0 Å². The molecule has 1 aliphatic carbocycles. The highest BCUT2D eigenvalue weighted by molar-refractivity contribution is 7.46. The zero-order chi connectivity index (χ0) is 15.5. The third kappa shape index (κ3) is 5.11. The van der Waals surface area contributed by atoms with Crippen molar-refractivity contribution in [1.29, 1.82) is 0 Å². The Morgan fingerprint density at radius 3 is 2.67 bits per heavy atom. The SMILES string of the molecule is CC[C@H](C)c1cccc(CC2CC2)c1OCOP(=O)(O)O. The van der Waals surface area contributed by atoms with Gasteiger partial charge in [0.2, 0.25) is 0 Å². The van der Waals surface area contributed by atoms with Gasteiger partial charge >= 0.3 is 7.82 Å². The number of benzene rings is 1. The van der Waals surface area contributed by atoms with Gasteiger partial charge in [0.1, 0.15) is 5.75 Å². The van der Waals surface area contributed by atoms with Gasteiger partial charge < -0.3 is 14.5 Å². The smallest absolute Gasteiger partial charge is 0.466 e. The monoisotopic (exact) mass is 314 g/mol. The van der Waals surface area contributed by atoms with E-state index >= 15 is 0 Å². The lowest BCUT2D eigenvalue weighted by Gasteiger charge is -2.19. The van der Waals surface area contributed by atoms with Gasteiger partial charge in [0.15, 0.2) is 6.79 Å². The second kappa shape index (κ2) is 6.93. The molecule has 1 atom stereocenters. The molecule has 1 saturated carbocycles. The van der Waals surface area contributed by atoms with Crippen LogP contribution in [0.3, 0.4) is 0 Å². The van der Waals surface area contributed by atoms with E-state index in [9.17, 15) is 4.57 Å². The molecule has 21 heavy (non-hydrogen) atoms. The minimum absolute atomic E-state index is 0.328. The largest absolute Gasteiger partial charge is 0.472 e. The molecule has 0 saturated heterocycles. The normalized spacial score (nSPS) is 16.8. The van der Waals surface area contributed by atoms with E-state index in [1.807, 2.05) is 18.2 Å². The van der Waals surface area contributed by atoms with E-state index in [1.165, 1.54) is 12.8 Å². The molecule has 0 bridgehead atoms. The van der Waals surface area contributed by atoms with Crippen molar-refractivity contribution in [1.82, 2.24) is 0 Å². The zero-order valence-corrected chi connectivity index (χ0v) is 13.4. The first-order valence-electron chi connectivity index (χ1n) is 7.35. The Balaban J connectivity index is 2.17. The van der Waals surface area contributed by atoms with Crippen molar-refractivity contribution >= 4 is 7.82 Å². The second-order valence-electron chi connectivity index (χ2n) is 5.67. The summed E-state index contributed by atoms with van der Waals surface area (Å²) in [7, 11) is -4.50. The van der Waals surface area contributed by atoms with Crippen LogP contribution in [0.2, 0.25) is 0 Å². The molecule has 0 amide bonds. The lowest BCUT2D eigenvalue weighted by atomic mass is 9.94. The summed E-state index contributed by atoms with van der Waals surface area (Å²) in [6.45, 7) is 3.79. The Bertz CT molecular complexity index is 521. The van der Waals surface area contributed by atoms with E-state index in [0.717, 1.165) is 29.7 Å². The fourth-order valence-electron chi connectivity index (χ4n) is 2.34. The van der Waals surface area contributed by atoms with Crippen molar-refractivity contribution in [2.24, 2.45) is 5.92 Å². The maximum absolute atomic E-state index is 10.8. The van der Waals surface area contributed by atoms with Crippen LogP contribution in [0.5, 0.6) is 5.75 Å². The number of hydrogen-bond donors (Lipinski definition) is 2. The molecule has 0 heterocycles. The van der Waals surface area contributed by atoms with E-state index < -0.39 is 14.6 Å². The van der Waals surface area contributed by atoms with Crippen molar-refractivity contribution in [2.45, 2.75) is 45.4 Å². The molecule has 1 fully saturated rings. The predicted molar refractivity (Wildman–Crippen MR) is 80.2 cm³/mol. The minimum Gasteiger partial charge on any atom is -0.466 e. The summed E-state index contributed by atoms with van der Waals surface area (Å²) >= 11 is 0. The third-order valence-corrected chi connectivity index (χ3v) is 4.34. The number of rotatable bonds is 8. The average Bonchev–Trinajstić information content (AvgIpc) is 3.22. The fraction of sp³-hybridized carbons (Fsp3) is 0.600. The molecule has 0 aromatic heterocycles. The fourth-order valence-corrected chi connectivity index (χ4v) is 2.53. The number of ether oxygens (including phenoxy) is 1. The number of para-hydroxylation sites is 1. The van der Waals surface area contributed by atoms with Gasteiger partial charge in [-0.2, -0.15) is 0 Å². The molecule has 5 nitrogen and oxygen atoms in total. The minimum atomic E-state index is -4.50. The molecule has 6 heteroatoms. The van der Waals surface area contributed by atoms with Crippen LogP contribution in [0.4, 0.5) is 0 Å². The molecule has 0 spiro atoms. The van der Waals surface area contributed by atoms with Crippen molar-refractivity contribution in [3.63, 3.8) is 0 Å². The molecular formula is C15H23O5P. The van der Waals surface area contributed by atoms with Gasteiger partial charge in [-0.1, -0.05) is 32.0 Å². The van der Waals surface area contributed by atoms with Crippen molar-refractivity contribution in [2.75, 3.05) is 6.79 Å². The molecule has 1 aliphatic rings. The number of phosphoric acid groups is 1. The zero-order valence-electron chi connectivity index (χ0n) is 12.5. The van der Waals surface area contributed by atoms with Crippen LogP contribution in [0.25, 0.3) is 0 Å². The van der Waals surface area contributed by atoms with Gasteiger partial charge in [-0.15, -0.1) is 0 Å². The number of hydrogen-bond acceptors (Lipinski definition) is 3. The van der Waals surface area contributed by atoms with Crippen LogP contribution in [-0.2, 0) is 15.5 Å². The average molecular weight is 314 g/mol. The second-order valence-corrected chi connectivity index (χ2v) is 6.91. The van der Waals surface area contributed by atoms with Crippen molar-refractivity contribution in [3.8, 4) is 5.75 Å². The van der Waals surface area contributed by atoms with Gasteiger partial charge in [-0.3, -0.25) is 0 Å². The molecule has 2 rings (SSSR count). The molecule has 1 aromatic carbocycles. The van der Waals surface area contributed by atoms with Gasteiger partial charge in [0, 0.05) is 0 Å². The van der Waals surface area contributed by atoms with E-state index in [2.05, 4.69) is 18.4 Å². The van der Waals surface area contributed by atoms with E-state index in [0.29, 0.717) is 11.8 Å². The Kier molecular flexibility index (Phi) is 5.44. The topological polar surface area (TPSA) is 76.0 Å². The van der Waals surface area contributed by atoms with Crippen molar-refractivity contribution in [3.05, 3.63) is 29.3 Å². The molecule has 2 N–H and O–H groups in total. The summed E-state index contributed by atoms with van der Waals surface area (Å²) in [6, 6.07) is 6.06. The van der Waals surface area contributed by atoms with Gasteiger partial charge in [-0.25, -0.2) is 9.09 Å². The van der Waals surface area contributed by atoms with Gasteiger partial charge in [-0.05, 0) is 48.6 Å². The standard InChI is InChI=1S/C15H23O5P/c1-3-11(2)14-6-4-5-13(9-12-7-8-12)15(14)19-10-20-21(16,17)18/h4-6,11-12H,3,7-10H2,1-2H3,(H2,16,17,18)/t11-/m0/s1. The maximum Gasteiger partial charge on any atom is 0.472 e. The Morgan fingerprint density at radius 1 is 1.38 bits per heavy atom. The highest BCUT2D eigenvalue weighted by atomic mass is 31.2. The van der Waals surface area contributed by atoms with E-state index in [1.54, 1.807) is 0 Å². The lowest BCUT2D eigenvalue weighted by molar-refractivity contribution is 0.0811. The first-order chi connectivity index (χ1) is 9.90. The summed E-state index contributed by atoms with van der Waals surface area (Å²) < 4.78 is 20.8. The van der Waals surface area contributed by atoms with Gasteiger partial charge in [0.25, 0.3) is 0 Å². The van der Waals surface area contributed by atoms with Crippen molar-refractivity contribution < 1.29 is 23.6 Å². The summed E-state index contributed by atoms with van der Waals surface area (Å²) in [4.78, 5) is 17.5. The van der Waals surface area contributed by atoms with Crippen LogP contribution < -0.4 is 4.74 Å². The Labute approximate surface area is 125 Å². The Morgan fingerprint density at radius 2 is 2.10 bits per heavy atom. The first-order valence-corrected chi connectivity index (χ1v) is 8.88. The molecule has 0 radical (unpaired) electrons. The Hall–Kier alpha value is -0.870. The van der Waals surface area contributed by atoms with Crippen LogP contribution in [0.15, 0.2) is 18.2 Å². The van der Waals surface area contributed by atoms with Crippen LogP contribution in [0.1, 0.15) is 50.2 Å². The van der Waals surface area contributed by atoms with Crippen LogP contribution in [-0.4, -0.2) is 16.6 Å². The summed E-state index contributed by atoms with van der Waals surface area (Å²) in [5, 5.41) is 0. The first kappa shape index (κ1) is 16.5. The molecular weight excluding hydrogens is 291 g/mol. The molecule has 1 aromatic rings. The lowest BCUT2D eigenvalue weighted by Crippen LogP contribution is -2.07. The van der Waals surface area contributed by atoms with E-state index in [4.69, 9.17) is 14.5 Å². The molecule has 0 aliphatic heterocycles. The third-order valence-electron chi connectivity index (χ3n) is 3.90. The highest BCUT2D eigenvalue weighted by Gasteiger charge is 2.25. The quantitative estimate of drug-likeness (QED) is 0.566. The summed E-state index contributed by atoms with van der Waals surface area (Å²) in [5.41, 5.74) is 2.18. The maximum atomic E-state index is 10.8. The number of phosphoric ester groups is 1. The summed E-state index contributed by atoms with van der Waals surface area (Å²) in [6.07, 6.45) is 4.41. The van der Waals surface area contributed by atoms with Crippen LogP contribution >= 0.6 is 7.82 Å². The summed E-state index contributed by atoms with van der Waals surface area (Å²) in [5.74, 6) is 1.77. The highest BCUT2D eigenvalue weighted by Crippen LogP contribution is 2.40.